The van der Waals surface area contributed by atoms with E-state index < -0.39 is 23.4 Å². The van der Waals surface area contributed by atoms with Crippen LogP contribution in [0.3, 0.4) is 0 Å². The van der Waals surface area contributed by atoms with Crippen molar-refractivity contribution in [3.63, 3.8) is 0 Å². The summed E-state index contributed by atoms with van der Waals surface area (Å²) < 4.78 is 1.82. The molecule has 2 fully saturated rings. The van der Waals surface area contributed by atoms with E-state index in [1.807, 2.05) is 10.7 Å². The number of rotatable bonds is 5. The lowest BCUT2D eigenvalue weighted by Gasteiger charge is -2.22. The Bertz CT molecular complexity index is 904. The van der Waals surface area contributed by atoms with Crippen molar-refractivity contribution in [1.82, 2.24) is 20.0 Å². The Morgan fingerprint density at radius 3 is 2.64 bits per heavy atom. The minimum absolute atomic E-state index is 0.281. The molecule has 2 N–H and O–H groups in total. The van der Waals surface area contributed by atoms with Crippen molar-refractivity contribution in [1.29, 1.82) is 0 Å². The summed E-state index contributed by atoms with van der Waals surface area (Å²) >= 11 is 0. The van der Waals surface area contributed by atoms with Gasteiger partial charge in [0.25, 0.3) is 5.91 Å². The Labute approximate surface area is 162 Å². The molecule has 4 amide bonds. The Balaban J connectivity index is 1.46. The highest BCUT2D eigenvalue weighted by Crippen LogP contribution is 2.31. The maximum Gasteiger partial charge on any atom is 0.325 e. The van der Waals surface area contributed by atoms with Crippen LogP contribution in [0.4, 0.5) is 10.6 Å². The predicted molar refractivity (Wildman–Crippen MR) is 102 cm³/mol. The molecule has 1 aromatic carbocycles. The molecule has 4 rings (SSSR count). The third-order valence-electron chi connectivity index (χ3n) is 5.54. The predicted octanol–water partition coefficient (Wildman–Crippen LogP) is 2.40. The SMILES string of the molecule is CC1(c2ccccc2)NC(=O)N(CC(=O)Nc2ccnn2C2CCCC2)C1=O. The number of hydrogen-bond donors (Lipinski definition) is 2. The number of nitrogens with one attached hydrogen (secondary N) is 2. The lowest BCUT2D eigenvalue weighted by Crippen LogP contribution is -2.42. The van der Waals surface area contributed by atoms with Crippen molar-refractivity contribution < 1.29 is 14.4 Å². The molecular weight excluding hydrogens is 358 g/mol. The molecule has 8 heteroatoms. The van der Waals surface area contributed by atoms with E-state index in [0.717, 1.165) is 30.6 Å². The quantitative estimate of drug-likeness (QED) is 0.778. The smallest absolute Gasteiger partial charge is 0.319 e. The number of hydrogen-bond acceptors (Lipinski definition) is 4. The minimum Gasteiger partial charge on any atom is -0.319 e. The molecule has 28 heavy (non-hydrogen) atoms. The van der Waals surface area contributed by atoms with Crippen molar-refractivity contribution >= 4 is 23.7 Å². The van der Waals surface area contributed by atoms with Crippen LogP contribution < -0.4 is 10.6 Å². The van der Waals surface area contributed by atoms with E-state index in [1.54, 1.807) is 43.5 Å². The number of urea groups is 1. The average molecular weight is 381 g/mol. The fraction of sp³-hybridized carbons (Fsp3) is 0.400. The van der Waals surface area contributed by atoms with Crippen LogP contribution in [0.1, 0.15) is 44.2 Å². The third-order valence-corrected chi connectivity index (χ3v) is 5.54. The van der Waals surface area contributed by atoms with E-state index in [4.69, 9.17) is 0 Å². The van der Waals surface area contributed by atoms with Gasteiger partial charge < -0.3 is 10.6 Å². The van der Waals surface area contributed by atoms with Gasteiger partial charge in [-0.15, -0.1) is 0 Å². The van der Waals surface area contributed by atoms with Gasteiger partial charge in [0.1, 0.15) is 17.9 Å². The lowest BCUT2D eigenvalue weighted by atomic mass is 9.92. The maximum atomic E-state index is 12.9. The van der Waals surface area contributed by atoms with Crippen molar-refractivity contribution in [3.8, 4) is 0 Å². The normalized spacial score (nSPS) is 22.5. The van der Waals surface area contributed by atoms with Gasteiger partial charge in [0.15, 0.2) is 0 Å². The number of amides is 4. The summed E-state index contributed by atoms with van der Waals surface area (Å²) in [4.78, 5) is 38.8. The molecule has 1 atom stereocenters. The van der Waals surface area contributed by atoms with Crippen LogP contribution in [0.5, 0.6) is 0 Å². The topological polar surface area (TPSA) is 96.3 Å². The number of aromatic nitrogens is 2. The largest absolute Gasteiger partial charge is 0.325 e. The Kier molecular flexibility index (Phi) is 4.62. The van der Waals surface area contributed by atoms with Crippen LogP contribution >= 0.6 is 0 Å². The molecule has 8 nitrogen and oxygen atoms in total. The summed E-state index contributed by atoms with van der Waals surface area (Å²) in [5.41, 5.74) is -0.500. The standard InChI is InChI=1S/C20H23N5O3/c1-20(14-7-3-2-4-8-14)18(27)24(19(28)23-20)13-17(26)22-16-11-12-21-25(16)15-9-5-6-10-15/h2-4,7-8,11-12,15H,5-6,9-10,13H2,1H3,(H,22,26)(H,23,28). The number of carbonyl (C=O) groups excluding carboxylic acids is 3. The Hall–Kier alpha value is -3.16. The first kappa shape index (κ1) is 18.2. The van der Waals surface area contributed by atoms with E-state index in [2.05, 4.69) is 15.7 Å². The van der Waals surface area contributed by atoms with Crippen LogP contribution in [0.15, 0.2) is 42.6 Å². The summed E-state index contributed by atoms with van der Waals surface area (Å²) in [6, 6.07) is 10.4. The van der Waals surface area contributed by atoms with Crippen molar-refractivity contribution in [3.05, 3.63) is 48.2 Å². The molecule has 0 bridgehead atoms. The molecule has 2 aliphatic rings. The van der Waals surface area contributed by atoms with Gasteiger partial charge in [0.05, 0.1) is 12.2 Å². The molecule has 1 aromatic heterocycles. The number of benzene rings is 1. The van der Waals surface area contributed by atoms with Gasteiger partial charge in [-0.3, -0.25) is 14.5 Å². The van der Waals surface area contributed by atoms with Gasteiger partial charge in [-0.1, -0.05) is 43.2 Å². The first-order valence-corrected chi connectivity index (χ1v) is 9.52. The zero-order valence-corrected chi connectivity index (χ0v) is 15.7. The fourth-order valence-corrected chi connectivity index (χ4v) is 3.99. The number of anilines is 1. The van der Waals surface area contributed by atoms with Crippen molar-refractivity contribution in [2.45, 2.75) is 44.2 Å². The van der Waals surface area contributed by atoms with Gasteiger partial charge >= 0.3 is 6.03 Å². The van der Waals surface area contributed by atoms with E-state index in [1.165, 1.54) is 0 Å². The summed E-state index contributed by atoms with van der Waals surface area (Å²) in [7, 11) is 0. The van der Waals surface area contributed by atoms with Crippen LogP contribution in [-0.2, 0) is 15.1 Å². The second-order valence-electron chi connectivity index (χ2n) is 7.46. The number of imide groups is 1. The molecule has 1 saturated heterocycles. The second-order valence-corrected chi connectivity index (χ2v) is 7.46. The monoisotopic (exact) mass is 381 g/mol. The van der Waals surface area contributed by atoms with E-state index >= 15 is 0 Å². The molecule has 1 aliphatic carbocycles. The van der Waals surface area contributed by atoms with Gasteiger partial charge in [-0.2, -0.15) is 5.10 Å². The average Bonchev–Trinajstić information content (AvgIpc) is 3.41. The molecule has 0 radical (unpaired) electrons. The number of nitrogens with zero attached hydrogens (tertiary/aromatic N) is 3. The van der Waals surface area contributed by atoms with Crippen LogP contribution in [0.25, 0.3) is 0 Å². The summed E-state index contributed by atoms with van der Waals surface area (Å²) in [5.74, 6) is -0.279. The highest BCUT2D eigenvalue weighted by molar-refractivity contribution is 6.10. The lowest BCUT2D eigenvalue weighted by molar-refractivity contribution is -0.133. The van der Waals surface area contributed by atoms with Gasteiger partial charge in [-0.25, -0.2) is 9.48 Å². The minimum atomic E-state index is -1.18. The molecule has 2 heterocycles. The Morgan fingerprint density at radius 2 is 1.93 bits per heavy atom. The third kappa shape index (κ3) is 3.15. The van der Waals surface area contributed by atoms with E-state index in [9.17, 15) is 14.4 Å². The summed E-state index contributed by atoms with van der Waals surface area (Å²) in [6.45, 7) is 1.30. The van der Waals surface area contributed by atoms with Gasteiger partial charge in [0.2, 0.25) is 5.91 Å². The maximum absolute atomic E-state index is 12.9. The molecule has 1 unspecified atom stereocenters. The van der Waals surface area contributed by atoms with Gasteiger partial charge in [0, 0.05) is 6.07 Å². The molecule has 0 spiro atoms. The molecule has 1 aliphatic heterocycles. The number of carbonyl (C=O) groups is 3. The molecular formula is C20H23N5O3. The highest BCUT2D eigenvalue weighted by atomic mass is 16.2. The first-order valence-electron chi connectivity index (χ1n) is 9.52. The van der Waals surface area contributed by atoms with E-state index in [-0.39, 0.29) is 12.6 Å². The van der Waals surface area contributed by atoms with Crippen LogP contribution in [-0.4, -0.2) is 39.1 Å². The van der Waals surface area contributed by atoms with Gasteiger partial charge in [-0.05, 0) is 25.3 Å². The first-order chi connectivity index (χ1) is 13.5. The molecule has 1 saturated carbocycles. The highest BCUT2D eigenvalue weighted by Gasteiger charge is 2.49. The summed E-state index contributed by atoms with van der Waals surface area (Å²) in [6.07, 6.45) is 6.02. The zero-order valence-electron chi connectivity index (χ0n) is 15.7. The van der Waals surface area contributed by atoms with Crippen molar-refractivity contribution in [2.24, 2.45) is 0 Å². The molecule has 2 aromatic rings. The fourth-order valence-electron chi connectivity index (χ4n) is 3.99. The molecule has 146 valence electrons. The van der Waals surface area contributed by atoms with Crippen LogP contribution in [0, 0.1) is 0 Å². The second kappa shape index (κ2) is 7.10. The van der Waals surface area contributed by atoms with Crippen molar-refractivity contribution in [2.75, 3.05) is 11.9 Å². The Morgan fingerprint density at radius 1 is 1.21 bits per heavy atom. The van der Waals surface area contributed by atoms with E-state index in [0.29, 0.717) is 11.4 Å². The van der Waals surface area contributed by atoms with Crippen LogP contribution in [0.2, 0.25) is 0 Å². The zero-order chi connectivity index (χ0) is 19.7. The summed E-state index contributed by atoms with van der Waals surface area (Å²) in [5, 5.41) is 9.81.